The minimum Gasteiger partial charge on any atom is -0.320 e. The first-order valence-corrected chi connectivity index (χ1v) is 6.10. The van der Waals surface area contributed by atoms with Gasteiger partial charge in [0.2, 0.25) is 0 Å². The fraction of sp³-hybridized carbons (Fsp3) is 0.385. The fourth-order valence-electron chi connectivity index (χ4n) is 2.10. The maximum Gasteiger partial charge on any atom is 0.331 e. The van der Waals surface area contributed by atoms with Crippen LogP contribution in [0.25, 0.3) is 10.9 Å². The molecule has 0 radical (unpaired) electrons. The summed E-state index contributed by atoms with van der Waals surface area (Å²) < 4.78 is 15.8. The summed E-state index contributed by atoms with van der Waals surface area (Å²) in [5, 5.41) is 3.18. The summed E-state index contributed by atoms with van der Waals surface area (Å²) in [4.78, 5) is 24.3. The smallest absolute Gasteiger partial charge is 0.320 e. The van der Waals surface area contributed by atoms with Gasteiger partial charge in [-0.3, -0.25) is 13.9 Å². The molecule has 1 aromatic carbocycles. The summed E-state index contributed by atoms with van der Waals surface area (Å²) in [5.41, 5.74) is -0.366. The third-order valence-electron chi connectivity index (χ3n) is 3.12. The zero-order chi connectivity index (χ0) is 14.0. The zero-order valence-electron chi connectivity index (χ0n) is 10.9. The molecule has 1 N–H and O–H groups in total. The molecule has 1 aromatic heterocycles. The Morgan fingerprint density at radius 3 is 2.74 bits per heavy atom. The molecule has 0 spiro atoms. The maximum absolute atomic E-state index is 13.2. The van der Waals surface area contributed by atoms with Gasteiger partial charge in [-0.25, -0.2) is 9.18 Å². The highest BCUT2D eigenvalue weighted by Gasteiger charge is 2.11. The van der Waals surface area contributed by atoms with E-state index in [2.05, 4.69) is 5.32 Å². The predicted molar refractivity (Wildman–Crippen MR) is 72.0 cm³/mol. The molecule has 2 rings (SSSR count). The molecule has 102 valence electrons. The molecule has 0 atom stereocenters. The van der Waals surface area contributed by atoms with Gasteiger partial charge in [0.25, 0.3) is 5.56 Å². The third kappa shape index (κ3) is 2.44. The summed E-state index contributed by atoms with van der Waals surface area (Å²) in [6, 6.07) is 3.86. The molecule has 0 aliphatic rings. The van der Waals surface area contributed by atoms with Crippen LogP contribution in [0.5, 0.6) is 0 Å². The van der Waals surface area contributed by atoms with Crippen LogP contribution in [0.1, 0.15) is 6.42 Å². The Morgan fingerprint density at radius 2 is 2.05 bits per heavy atom. The summed E-state index contributed by atoms with van der Waals surface area (Å²) >= 11 is 0. The van der Waals surface area contributed by atoms with Crippen LogP contribution < -0.4 is 16.6 Å². The van der Waals surface area contributed by atoms with Crippen molar-refractivity contribution in [3.05, 3.63) is 44.9 Å². The van der Waals surface area contributed by atoms with E-state index in [4.69, 9.17) is 0 Å². The Labute approximate surface area is 109 Å². The molecule has 0 fully saturated rings. The number of benzene rings is 1. The Bertz CT molecular complexity index is 718. The van der Waals surface area contributed by atoms with Crippen molar-refractivity contribution in [1.82, 2.24) is 14.5 Å². The van der Waals surface area contributed by atoms with Crippen LogP contribution in [-0.2, 0) is 13.6 Å². The van der Waals surface area contributed by atoms with Crippen LogP contribution in [0.4, 0.5) is 4.39 Å². The molecule has 0 aliphatic carbocycles. The standard InChI is InChI=1S/C13H16FN3O2/c1-15-6-3-7-17-12(18)10-8-9(14)4-5-11(10)16(2)13(17)19/h4-5,8,15H,3,6-7H2,1-2H3. The topological polar surface area (TPSA) is 56.0 Å². The molecule has 0 bridgehead atoms. The van der Waals surface area contributed by atoms with Gasteiger partial charge in [0.1, 0.15) is 5.82 Å². The van der Waals surface area contributed by atoms with E-state index in [0.29, 0.717) is 25.0 Å². The Hall–Kier alpha value is -1.95. The van der Waals surface area contributed by atoms with Crippen molar-refractivity contribution in [3.8, 4) is 0 Å². The van der Waals surface area contributed by atoms with Crippen LogP contribution in [-0.4, -0.2) is 22.7 Å². The van der Waals surface area contributed by atoms with Crippen LogP contribution in [0, 0.1) is 5.82 Å². The Balaban J connectivity index is 2.65. The largest absolute Gasteiger partial charge is 0.331 e. The molecule has 0 amide bonds. The lowest BCUT2D eigenvalue weighted by molar-refractivity contribution is 0.559. The van der Waals surface area contributed by atoms with E-state index in [1.165, 1.54) is 22.8 Å². The normalized spacial score (nSPS) is 11.1. The molecule has 0 unspecified atom stereocenters. The second-order valence-corrected chi connectivity index (χ2v) is 4.42. The van der Waals surface area contributed by atoms with Gasteiger partial charge in [-0.2, -0.15) is 0 Å². The van der Waals surface area contributed by atoms with Crippen molar-refractivity contribution in [2.24, 2.45) is 7.05 Å². The first kappa shape index (κ1) is 13.5. The minimum atomic E-state index is -0.481. The first-order valence-electron chi connectivity index (χ1n) is 6.10. The molecule has 5 nitrogen and oxygen atoms in total. The van der Waals surface area contributed by atoms with Crippen molar-refractivity contribution in [3.63, 3.8) is 0 Å². The number of rotatable bonds is 4. The molecular weight excluding hydrogens is 249 g/mol. The number of hydrogen-bond donors (Lipinski definition) is 1. The highest BCUT2D eigenvalue weighted by molar-refractivity contribution is 5.77. The molecule has 1 heterocycles. The van der Waals surface area contributed by atoms with Gasteiger partial charge < -0.3 is 5.32 Å². The highest BCUT2D eigenvalue weighted by atomic mass is 19.1. The number of fused-ring (bicyclic) bond motifs is 1. The van der Waals surface area contributed by atoms with Gasteiger partial charge in [0.05, 0.1) is 10.9 Å². The van der Waals surface area contributed by atoms with Crippen molar-refractivity contribution in [2.45, 2.75) is 13.0 Å². The summed E-state index contributed by atoms with van der Waals surface area (Å²) in [6.07, 6.45) is 0.659. The quantitative estimate of drug-likeness (QED) is 0.817. The maximum atomic E-state index is 13.2. The van der Waals surface area contributed by atoms with E-state index in [9.17, 15) is 14.0 Å². The van der Waals surface area contributed by atoms with Crippen molar-refractivity contribution < 1.29 is 4.39 Å². The summed E-state index contributed by atoms with van der Waals surface area (Å²) in [7, 11) is 3.38. The number of hydrogen-bond acceptors (Lipinski definition) is 3. The average Bonchev–Trinajstić information content (AvgIpc) is 2.40. The van der Waals surface area contributed by atoms with E-state index >= 15 is 0 Å². The number of aryl methyl sites for hydroxylation is 1. The number of nitrogens with one attached hydrogen (secondary N) is 1. The number of halogens is 1. The monoisotopic (exact) mass is 265 g/mol. The van der Waals surface area contributed by atoms with Crippen molar-refractivity contribution >= 4 is 10.9 Å². The van der Waals surface area contributed by atoms with E-state index in [0.717, 1.165) is 4.57 Å². The minimum absolute atomic E-state index is 0.228. The second-order valence-electron chi connectivity index (χ2n) is 4.42. The van der Waals surface area contributed by atoms with Gasteiger partial charge >= 0.3 is 5.69 Å². The average molecular weight is 265 g/mol. The van der Waals surface area contributed by atoms with E-state index in [1.54, 1.807) is 14.1 Å². The Kier molecular flexibility index (Phi) is 3.80. The third-order valence-corrected chi connectivity index (χ3v) is 3.12. The van der Waals surface area contributed by atoms with E-state index in [-0.39, 0.29) is 11.1 Å². The van der Waals surface area contributed by atoms with E-state index in [1.807, 2.05) is 0 Å². The van der Waals surface area contributed by atoms with E-state index < -0.39 is 11.4 Å². The molecule has 0 saturated carbocycles. The summed E-state index contributed by atoms with van der Waals surface area (Å²) in [6.45, 7) is 1.02. The van der Waals surface area contributed by atoms with Gasteiger partial charge in [0.15, 0.2) is 0 Å². The molecule has 6 heteroatoms. The predicted octanol–water partition coefficient (Wildman–Crippen LogP) is 0.449. The van der Waals surface area contributed by atoms with Crippen LogP contribution in [0.15, 0.2) is 27.8 Å². The molecular formula is C13H16FN3O2. The number of nitrogens with zero attached hydrogens (tertiary/aromatic N) is 2. The van der Waals surface area contributed by atoms with Gasteiger partial charge in [-0.1, -0.05) is 0 Å². The molecule has 0 aliphatic heterocycles. The SMILES string of the molecule is CNCCCn1c(=O)c2cc(F)ccc2n(C)c1=O. The Morgan fingerprint density at radius 1 is 1.32 bits per heavy atom. The molecule has 19 heavy (non-hydrogen) atoms. The lowest BCUT2D eigenvalue weighted by atomic mass is 10.2. The fourth-order valence-corrected chi connectivity index (χ4v) is 2.10. The van der Waals surface area contributed by atoms with Gasteiger partial charge in [0, 0.05) is 13.6 Å². The molecule has 0 saturated heterocycles. The molecule has 2 aromatic rings. The van der Waals surface area contributed by atoms with Crippen LogP contribution in [0.2, 0.25) is 0 Å². The van der Waals surface area contributed by atoms with Gasteiger partial charge in [-0.15, -0.1) is 0 Å². The van der Waals surface area contributed by atoms with Crippen molar-refractivity contribution in [2.75, 3.05) is 13.6 Å². The van der Waals surface area contributed by atoms with Gasteiger partial charge in [-0.05, 0) is 38.2 Å². The van der Waals surface area contributed by atoms with Crippen LogP contribution >= 0.6 is 0 Å². The summed E-state index contributed by atoms with van der Waals surface area (Å²) in [5.74, 6) is -0.481. The zero-order valence-corrected chi connectivity index (χ0v) is 10.9. The van der Waals surface area contributed by atoms with Crippen molar-refractivity contribution in [1.29, 1.82) is 0 Å². The lowest BCUT2D eigenvalue weighted by Gasteiger charge is -2.10. The highest BCUT2D eigenvalue weighted by Crippen LogP contribution is 2.09. The lowest BCUT2D eigenvalue weighted by Crippen LogP contribution is -2.39. The first-order chi connectivity index (χ1) is 9.06. The van der Waals surface area contributed by atoms with Crippen LogP contribution in [0.3, 0.4) is 0 Å². The number of aromatic nitrogens is 2. The second kappa shape index (κ2) is 5.36.